The van der Waals surface area contributed by atoms with Crippen molar-refractivity contribution in [3.05, 3.63) is 29.8 Å². The molecule has 0 bridgehead atoms. The highest BCUT2D eigenvalue weighted by Crippen LogP contribution is 2.16. The summed E-state index contributed by atoms with van der Waals surface area (Å²) in [5, 5.41) is 2.72. The van der Waals surface area contributed by atoms with Crippen molar-refractivity contribution in [2.45, 2.75) is 45.3 Å². The quantitative estimate of drug-likeness (QED) is 0.905. The van der Waals surface area contributed by atoms with Crippen LogP contribution in [0.2, 0.25) is 0 Å². The zero-order valence-electron chi connectivity index (χ0n) is 11.6. The minimum atomic E-state index is -0.506. The Morgan fingerprint density at radius 1 is 1.45 bits per heavy atom. The third kappa shape index (κ3) is 3.12. The summed E-state index contributed by atoms with van der Waals surface area (Å²) in [5.41, 5.74) is 0.620. The Kier molecular flexibility index (Phi) is 4.32. The van der Waals surface area contributed by atoms with E-state index in [2.05, 4.69) is 10.3 Å². The molecule has 1 N–H and O–H groups in total. The van der Waals surface area contributed by atoms with Gasteiger partial charge < -0.3 is 10.2 Å². The van der Waals surface area contributed by atoms with Crippen molar-refractivity contribution in [2.24, 2.45) is 0 Å². The van der Waals surface area contributed by atoms with Crippen LogP contribution in [0.15, 0.2) is 18.5 Å². The third-order valence-electron chi connectivity index (χ3n) is 3.45. The van der Waals surface area contributed by atoms with Crippen molar-refractivity contribution in [1.29, 1.82) is 0 Å². The van der Waals surface area contributed by atoms with Crippen molar-refractivity contribution in [3.63, 3.8) is 0 Å². The van der Waals surface area contributed by atoms with E-state index in [9.17, 15) is 14.0 Å². The summed E-state index contributed by atoms with van der Waals surface area (Å²) in [4.78, 5) is 29.5. The van der Waals surface area contributed by atoms with Gasteiger partial charge in [-0.25, -0.2) is 4.39 Å². The van der Waals surface area contributed by atoms with Crippen LogP contribution in [0.5, 0.6) is 0 Å². The number of nitrogens with one attached hydrogen (secondary N) is 1. The van der Waals surface area contributed by atoms with Gasteiger partial charge in [-0.2, -0.15) is 0 Å². The van der Waals surface area contributed by atoms with E-state index in [1.54, 1.807) is 4.90 Å². The fourth-order valence-corrected chi connectivity index (χ4v) is 2.36. The fourth-order valence-electron chi connectivity index (χ4n) is 2.36. The molecule has 5 nitrogen and oxygen atoms in total. The van der Waals surface area contributed by atoms with Gasteiger partial charge in [-0.05, 0) is 25.0 Å². The monoisotopic (exact) mass is 279 g/mol. The van der Waals surface area contributed by atoms with Crippen molar-refractivity contribution in [3.8, 4) is 0 Å². The summed E-state index contributed by atoms with van der Waals surface area (Å²) in [6.45, 7) is 3.93. The summed E-state index contributed by atoms with van der Waals surface area (Å²) in [5.74, 6) is -0.689. The Balaban J connectivity index is 2.22. The first-order valence-electron chi connectivity index (χ1n) is 6.70. The first-order chi connectivity index (χ1) is 9.51. The highest BCUT2D eigenvalue weighted by Gasteiger charge is 2.32. The van der Waals surface area contributed by atoms with Crippen LogP contribution in [0.1, 0.15) is 32.3 Å². The highest BCUT2D eigenvalue weighted by atomic mass is 19.1. The summed E-state index contributed by atoms with van der Waals surface area (Å²) in [6, 6.07) is 0.630. The second kappa shape index (κ2) is 5.98. The first kappa shape index (κ1) is 14.4. The lowest BCUT2D eigenvalue weighted by Crippen LogP contribution is -2.45. The molecule has 1 aromatic rings. The molecular formula is C14H18FN3O2. The molecule has 1 fully saturated rings. The third-order valence-corrected chi connectivity index (χ3v) is 3.45. The number of halogens is 1. The molecule has 0 spiro atoms. The molecule has 2 heterocycles. The van der Waals surface area contributed by atoms with Crippen LogP contribution in [0.4, 0.5) is 4.39 Å². The molecule has 2 amide bonds. The van der Waals surface area contributed by atoms with Crippen LogP contribution in [0, 0.1) is 5.82 Å². The summed E-state index contributed by atoms with van der Waals surface area (Å²) in [7, 11) is 0. The van der Waals surface area contributed by atoms with Crippen LogP contribution in [0.3, 0.4) is 0 Å². The number of nitrogens with zero attached hydrogens (tertiary/aromatic N) is 2. The van der Waals surface area contributed by atoms with Crippen LogP contribution < -0.4 is 5.32 Å². The number of aromatic nitrogens is 1. The van der Waals surface area contributed by atoms with E-state index in [-0.39, 0.29) is 30.8 Å². The second-order valence-corrected chi connectivity index (χ2v) is 5.06. The predicted octanol–water partition coefficient (Wildman–Crippen LogP) is 1.24. The number of carbonyl (C=O) groups is 2. The number of rotatable bonds is 3. The smallest absolute Gasteiger partial charge is 0.245 e. The molecule has 1 aliphatic heterocycles. The maximum atomic E-state index is 13.2. The van der Waals surface area contributed by atoms with Crippen LogP contribution in [-0.2, 0) is 16.1 Å². The van der Waals surface area contributed by atoms with Gasteiger partial charge >= 0.3 is 0 Å². The lowest BCUT2D eigenvalue weighted by molar-refractivity contribution is -0.135. The minimum Gasteiger partial charge on any atom is -0.344 e. The molecule has 108 valence electrons. The minimum absolute atomic E-state index is 0.127. The van der Waals surface area contributed by atoms with Gasteiger partial charge in [0.1, 0.15) is 11.9 Å². The van der Waals surface area contributed by atoms with Crippen molar-refractivity contribution in [1.82, 2.24) is 15.2 Å². The van der Waals surface area contributed by atoms with E-state index in [1.807, 2.05) is 13.8 Å². The van der Waals surface area contributed by atoms with Crippen molar-refractivity contribution >= 4 is 11.8 Å². The van der Waals surface area contributed by atoms with E-state index < -0.39 is 11.9 Å². The molecule has 20 heavy (non-hydrogen) atoms. The number of carbonyl (C=O) groups excluding carboxylic acids is 2. The Hall–Kier alpha value is -1.98. The number of hydrogen-bond acceptors (Lipinski definition) is 3. The molecule has 2 rings (SSSR count). The zero-order valence-corrected chi connectivity index (χ0v) is 11.6. The van der Waals surface area contributed by atoms with E-state index in [0.29, 0.717) is 12.0 Å². The van der Waals surface area contributed by atoms with Gasteiger partial charge in [0.05, 0.1) is 6.20 Å². The molecule has 2 unspecified atom stereocenters. The van der Waals surface area contributed by atoms with Gasteiger partial charge in [0, 0.05) is 25.2 Å². The molecule has 1 aliphatic rings. The van der Waals surface area contributed by atoms with E-state index in [4.69, 9.17) is 0 Å². The predicted molar refractivity (Wildman–Crippen MR) is 71.0 cm³/mol. The van der Waals surface area contributed by atoms with E-state index in [0.717, 1.165) is 6.20 Å². The summed E-state index contributed by atoms with van der Waals surface area (Å²) in [6.07, 6.45) is 3.45. The maximum absolute atomic E-state index is 13.2. The largest absolute Gasteiger partial charge is 0.344 e. The first-order valence-corrected chi connectivity index (χ1v) is 6.70. The Morgan fingerprint density at radius 2 is 2.20 bits per heavy atom. The average Bonchev–Trinajstić information content (AvgIpc) is 2.50. The van der Waals surface area contributed by atoms with E-state index in [1.165, 1.54) is 12.3 Å². The number of hydrogen-bond donors (Lipinski definition) is 1. The summed E-state index contributed by atoms with van der Waals surface area (Å²) >= 11 is 0. The lowest BCUT2D eigenvalue weighted by Gasteiger charge is -2.28. The molecule has 6 heteroatoms. The average molecular weight is 279 g/mol. The lowest BCUT2D eigenvalue weighted by atomic mass is 10.1. The molecule has 1 saturated heterocycles. The Bertz CT molecular complexity index is 521. The van der Waals surface area contributed by atoms with Crippen molar-refractivity contribution < 1.29 is 14.0 Å². The van der Waals surface area contributed by atoms with E-state index >= 15 is 0 Å². The van der Waals surface area contributed by atoms with Gasteiger partial charge in [0.15, 0.2) is 0 Å². The van der Waals surface area contributed by atoms with Gasteiger partial charge in [-0.15, -0.1) is 0 Å². The number of pyridine rings is 1. The maximum Gasteiger partial charge on any atom is 0.245 e. The second-order valence-electron chi connectivity index (χ2n) is 5.06. The molecule has 0 saturated carbocycles. The number of amides is 2. The molecule has 1 aromatic heterocycles. The Labute approximate surface area is 117 Å². The SMILES string of the molecule is CCC1NC(=O)CC(C)N(Cc2cncc(F)c2)C1=O. The fraction of sp³-hybridized carbons (Fsp3) is 0.500. The molecular weight excluding hydrogens is 261 g/mol. The summed E-state index contributed by atoms with van der Waals surface area (Å²) < 4.78 is 13.2. The topological polar surface area (TPSA) is 62.3 Å². The van der Waals surface area contributed by atoms with Crippen LogP contribution >= 0.6 is 0 Å². The van der Waals surface area contributed by atoms with Gasteiger partial charge in [-0.3, -0.25) is 14.6 Å². The van der Waals surface area contributed by atoms with Crippen molar-refractivity contribution in [2.75, 3.05) is 0 Å². The normalized spacial score (nSPS) is 23.4. The van der Waals surface area contributed by atoms with Gasteiger partial charge in [-0.1, -0.05) is 6.92 Å². The van der Waals surface area contributed by atoms with Gasteiger partial charge in [0.2, 0.25) is 11.8 Å². The molecule has 0 radical (unpaired) electrons. The zero-order chi connectivity index (χ0) is 14.7. The molecule has 0 aliphatic carbocycles. The standard InChI is InChI=1S/C14H18FN3O2/c1-3-12-14(20)18(9(2)4-13(19)17-12)8-10-5-11(15)7-16-6-10/h5-7,9,12H,3-4,8H2,1-2H3,(H,17,19). The van der Waals surface area contributed by atoms with Gasteiger partial charge in [0.25, 0.3) is 0 Å². The Morgan fingerprint density at radius 3 is 2.85 bits per heavy atom. The van der Waals surface area contributed by atoms with Crippen LogP contribution in [-0.4, -0.2) is 33.8 Å². The van der Waals surface area contributed by atoms with Crippen LogP contribution in [0.25, 0.3) is 0 Å². The molecule has 2 atom stereocenters. The highest BCUT2D eigenvalue weighted by molar-refractivity contribution is 5.90. The molecule has 0 aromatic carbocycles.